The Bertz CT molecular complexity index is 584. The minimum absolute atomic E-state index is 0.424. The molecule has 0 saturated heterocycles. The summed E-state index contributed by atoms with van der Waals surface area (Å²) in [5.41, 5.74) is 8.10. The van der Waals surface area contributed by atoms with Crippen molar-refractivity contribution in [3.63, 3.8) is 0 Å². The lowest BCUT2D eigenvalue weighted by atomic mass is 9.88. The Balaban J connectivity index is 1.92. The molecule has 1 nitrogen and oxygen atoms in total. The van der Waals surface area contributed by atoms with E-state index < -0.39 is 0 Å². The Morgan fingerprint density at radius 3 is 2.65 bits per heavy atom. The zero-order valence-electron chi connectivity index (χ0n) is 9.89. The summed E-state index contributed by atoms with van der Waals surface area (Å²) in [7, 11) is 0. The first-order valence-electron chi connectivity index (χ1n) is 6.53. The average molecular weight is 223 g/mol. The Morgan fingerprint density at radius 2 is 1.82 bits per heavy atom. The van der Waals surface area contributed by atoms with Crippen molar-refractivity contribution in [2.24, 2.45) is 11.7 Å². The van der Waals surface area contributed by atoms with Gasteiger partial charge in [-0.2, -0.15) is 0 Å². The maximum atomic E-state index is 6.12. The Labute approximate surface area is 102 Å². The lowest BCUT2D eigenvalue weighted by Crippen LogP contribution is -2.20. The van der Waals surface area contributed by atoms with Gasteiger partial charge in [0, 0.05) is 11.5 Å². The van der Waals surface area contributed by atoms with E-state index in [2.05, 4.69) is 42.5 Å². The number of benzene rings is 2. The van der Waals surface area contributed by atoms with Crippen LogP contribution in [0, 0.1) is 5.92 Å². The predicted octanol–water partition coefficient (Wildman–Crippen LogP) is 3.22. The van der Waals surface area contributed by atoms with Crippen LogP contribution in [0.2, 0.25) is 0 Å². The fraction of sp³-hybridized carbons (Fsp3) is 0.375. The van der Waals surface area contributed by atoms with Crippen LogP contribution < -0.4 is 5.73 Å². The minimum atomic E-state index is 0.424. The van der Waals surface area contributed by atoms with E-state index in [-0.39, 0.29) is 0 Å². The summed E-state index contributed by atoms with van der Waals surface area (Å²) in [6.45, 7) is 0. The second kappa shape index (κ2) is 3.11. The van der Waals surface area contributed by atoms with E-state index in [1.54, 1.807) is 5.56 Å². The quantitative estimate of drug-likeness (QED) is 0.789. The van der Waals surface area contributed by atoms with Crippen LogP contribution in [-0.2, 0) is 5.41 Å². The Morgan fingerprint density at radius 1 is 1.00 bits per heavy atom. The third kappa shape index (κ3) is 1.23. The molecule has 2 saturated carbocycles. The van der Waals surface area contributed by atoms with Gasteiger partial charge in [-0.25, -0.2) is 0 Å². The lowest BCUT2D eigenvalue weighted by Gasteiger charge is -2.17. The van der Waals surface area contributed by atoms with Gasteiger partial charge in [-0.3, -0.25) is 0 Å². The second-order valence-electron chi connectivity index (χ2n) is 5.78. The van der Waals surface area contributed by atoms with E-state index in [9.17, 15) is 0 Å². The molecule has 0 heterocycles. The number of rotatable bonds is 1. The van der Waals surface area contributed by atoms with Gasteiger partial charge in [0.15, 0.2) is 0 Å². The Kier molecular flexibility index (Phi) is 1.77. The smallest absolute Gasteiger partial charge is 0.00503 e. The van der Waals surface area contributed by atoms with Crippen molar-refractivity contribution in [2.75, 3.05) is 0 Å². The molecular formula is C16H17N. The van der Waals surface area contributed by atoms with Gasteiger partial charge in [0.2, 0.25) is 0 Å². The SMILES string of the molecule is NC1CC2C[C@@]2(c2cccc3ccccc23)C1. The summed E-state index contributed by atoms with van der Waals surface area (Å²) in [4.78, 5) is 0. The third-order valence-corrected chi connectivity index (χ3v) is 4.77. The first-order valence-corrected chi connectivity index (χ1v) is 6.53. The minimum Gasteiger partial charge on any atom is -0.328 e. The molecule has 2 aromatic rings. The van der Waals surface area contributed by atoms with Crippen LogP contribution in [0.25, 0.3) is 10.8 Å². The van der Waals surface area contributed by atoms with E-state index >= 15 is 0 Å². The molecule has 0 radical (unpaired) electrons. The van der Waals surface area contributed by atoms with Gasteiger partial charge in [0.1, 0.15) is 0 Å². The largest absolute Gasteiger partial charge is 0.328 e. The number of hydrogen-bond acceptors (Lipinski definition) is 1. The highest BCUT2D eigenvalue weighted by atomic mass is 14.8. The zero-order valence-corrected chi connectivity index (χ0v) is 9.89. The summed E-state index contributed by atoms with van der Waals surface area (Å²) in [5.74, 6) is 0.850. The maximum Gasteiger partial charge on any atom is 0.00503 e. The number of hydrogen-bond donors (Lipinski definition) is 1. The molecule has 1 heteroatoms. The van der Waals surface area contributed by atoms with Crippen LogP contribution in [0.3, 0.4) is 0 Å². The Hall–Kier alpha value is -1.34. The van der Waals surface area contributed by atoms with Crippen molar-refractivity contribution in [2.45, 2.75) is 30.7 Å². The van der Waals surface area contributed by atoms with E-state index in [1.165, 1.54) is 30.0 Å². The highest BCUT2D eigenvalue weighted by Gasteiger charge is 2.60. The molecule has 0 aromatic heterocycles. The highest BCUT2D eigenvalue weighted by molar-refractivity contribution is 5.87. The van der Waals surface area contributed by atoms with Gasteiger partial charge in [-0.05, 0) is 41.5 Å². The fourth-order valence-electron chi connectivity index (χ4n) is 3.96. The molecule has 2 N–H and O–H groups in total. The fourth-order valence-corrected chi connectivity index (χ4v) is 3.96. The first kappa shape index (κ1) is 9.67. The number of fused-ring (bicyclic) bond motifs is 2. The average Bonchev–Trinajstić information content (AvgIpc) is 2.92. The van der Waals surface area contributed by atoms with Crippen molar-refractivity contribution in [3.05, 3.63) is 48.0 Å². The normalized spacial score (nSPS) is 34.9. The molecule has 17 heavy (non-hydrogen) atoms. The number of nitrogens with two attached hydrogens (primary N) is 1. The van der Waals surface area contributed by atoms with Crippen LogP contribution in [0.1, 0.15) is 24.8 Å². The topological polar surface area (TPSA) is 26.0 Å². The first-order chi connectivity index (χ1) is 8.29. The molecule has 0 aliphatic heterocycles. The third-order valence-electron chi connectivity index (χ3n) is 4.77. The van der Waals surface area contributed by atoms with Gasteiger partial charge >= 0.3 is 0 Å². The molecule has 0 amide bonds. The van der Waals surface area contributed by atoms with Gasteiger partial charge < -0.3 is 5.73 Å². The summed E-state index contributed by atoms with van der Waals surface area (Å²) in [5, 5.41) is 2.80. The summed E-state index contributed by atoms with van der Waals surface area (Å²) in [6.07, 6.45) is 3.77. The molecule has 4 rings (SSSR count). The molecule has 2 aliphatic rings. The molecule has 2 aromatic carbocycles. The molecule has 0 spiro atoms. The van der Waals surface area contributed by atoms with Crippen LogP contribution in [0.15, 0.2) is 42.5 Å². The van der Waals surface area contributed by atoms with Gasteiger partial charge in [0.05, 0.1) is 0 Å². The van der Waals surface area contributed by atoms with Crippen molar-refractivity contribution >= 4 is 10.8 Å². The maximum absolute atomic E-state index is 6.12. The van der Waals surface area contributed by atoms with E-state index in [0.717, 1.165) is 5.92 Å². The molecule has 2 unspecified atom stereocenters. The molecule has 2 aliphatic carbocycles. The summed E-state index contributed by atoms with van der Waals surface area (Å²) in [6, 6.07) is 15.9. The van der Waals surface area contributed by atoms with Crippen molar-refractivity contribution in [3.8, 4) is 0 Å². The molecule has 2 fully saturated rings. The summed E-state index contributed by atoms with van der Waals surface area (Å²) < 4.78 is 0. The zero-order chi connectivity index (χ0) is 11.5. The van der Waals surface area contributed by atoms with E-state index in [0.29, 0.717) is 11.5 Å². The monoisotopic (exact) mass is 223 g/mol. The van der Waals surface area contributed by atoms with Crippen molar-refractivity contribution in [1.82, 2.24) is 0 Å². The van der Waals surface area contributed by atoms with E-state index in [1.807, 2.05) is 0 Å². The van der Waals surface area contributed by atoms with Crippen molar-refractivity contribution < 1.29 is 0 Å². The molecular weight excluding hydrogens is 206 g/mol. The molecule has 0 bridgehead atoms. The van der Waals surface area contributed by atoms with E-state index in [4.69, 9.17) is 5.73 Å². The predicted molar refractivity (Wildman–Crippen MR) is 70.9 cm³/mol. The molecule has 3 atom stereocenters. The standard InChI is InChI=1S/C16H17N/c17-13-8-12-9-16(12,10-13)15-7-3-5-11-4-1-2-6-14(11)15/h1-7,12-13H,8-10,17H2/t12?,13?,16-/m1/s1. The van der Waals surface area contributed by atoms with Crippen molar-refractivity contribution in [1.29, 1.82) is 0 Å². The molecule has 86 valence electrons. The van der Waals surface area contributed by atoms with Crippen LogP contribution >= 0.6 is 0 Å². The van der Waals surface area contributed by atoms with Crippen LogP contribution in [0.5, 0.6) is 0 Å². The summed E-state index contributed by atoms with van der Waals surface area (Å²) >= 11 is 0. The highest BCUT2D eigenvalue weighted by Crippen LogP contribution is 2.64. The van der Waals surface area contributed by atoms with Crippen LogP contribution in [0.4, 0.5) is 0 Å². The van der Waals surface area contributed by atoms with Gasteiger partial charge in [-0.1, -0.05) is 42.5 Å². The van der Waals surface area contributed by atoms with Crippen LogP contribution in [-0.4, -0.2) is 6.04 Å². The lowest BCUT2D eigenvalue weighted by molar-refractivity contribution is 0.585. The van der Waals surface area contributed by atoms with Gasteiger partial charge in [-0.15, -0.1) is 0 Å². The second-order valence-corrected chi connectivity index (χ2v) is 5.78. The van der Waals surface area contributed by atoms with Gasteiger partial charge in [0.25, 0.3) is 0 Å².